The van der Waals surface area contributed by atoms with E-state index in [9.17, 15) is 8.78 Å². The van der Waals surface area contributed by atoms with E-state index in [4.69, 9.17) is 4.74 Å². The second-order valence-electron chi connectivity index (χ2n) is 7.76. The highest BCUT2D eigenvalue weighted by molar-refractivity contribution is 5.59. The van der Waals surface area contributed by atoms with Gasteiger partial charge < -0.3 is 15.0 Å². The van der Waals surface area contributed by atoms with Crippen molar-refractivity contribution < 1.29 is 13.5 Å². The molecule has 2 aliphatic rings. The summed E-state index contributed by atoms with van der Waals surface area (Å²) in [5, 5.41) is 3.41. The van der Waals surface area contributed by atoms with Crippen molar-refractivity contribution in [2.24, 2.45) is 0 Å². The van der Waals surface area contributed by atoms with E-state index in [-0.39, 0.29) is 11.2 Å². The van der Waals surface area contributed by atoms with Crippen molar-refractivity contribution in [1.29, 1.82) is 0 Å². The Bertz CT molecular complexity index is 797. The van der Waals surface area contributed by atoms with Crippen LogP contribution in [0.25, 0.3) is 0 Å². The van der Waals surface area contributed by atoms with E-state index in [0.717, 1.165) is 62.8 Å². The molecule has 0 bridgehead atoms. The fraction of sp³-hybridized carbons (Fsp3) is 0.455. The van der Waals surface area contributed by atoms with Crippen molar-refractivity contribution >= 4 is 5.69 Å². The predicted octanol–water partition coefficient (Wildman–Crippen LogP) is 4.71. The minimum absolute atomic E-state index is 0.0641. The standard InChI is InChI=1S/C22H26F2N2O/c1-21(23,24)18-6-4-5-17(15-18)16-26-14-11-22(9-12-25-13-10-22)27-20-8-3-2-7-19(20)26/h2-8,15,25H,9-14,16H2,1H3. The van der Waals surface area contributed by atoms with Crippen LogP contribution in [0.1, 0.15) is 37.3 Å². The van der Waals surface area contributed by atoms with Crippen molar-refractivity contribution in [3.63, 3.8) is 0 Å². The summed E-state index contributed by atoms with van der Waals surface area (Å²) in [6, 6.07) is 14.8. The Morgan fingerprint density at radius 1 is 1.07 bits per heavy atom. The summed E-state index contributed by atoms with van der Waals surface area (Å²) in [5.41, 5.74) is 1.87. The Morgan fingerprint density at radius 3 is 2.63 bits per heavy atom. The molecule has 4 rings (SSSR count). The van der Waals surface area contributed by atoms with E-state index in [1.807, 2.05) is 24.3 Å². The monoisotopic (exact) mass is 372 g/mol. The van der Waals surface area contributed by atoms with Crippen LogP contribution in [-0.2, 0) is 12.5 Å². The molecule has 2 aliphatic heterocycles. The first kappa shape index (κ1) is 18.2. The van der Waals surface area contributed by atoms with Crippen LogP contribution >= 0.6 is 0 Å². The van der Waals surface area contributed by atoms with Crippen LogP contribution < -0.4 is 15.0 Å². The number of alkyl halides is 2. The molecule has 2 aromatic carbocycles. The second kappa shape index (κ2) is 7.12. The molecule has 144 valence electrons. The summed E-state index contributed by atoms with van der Waals surface area (Å²) in [4.78, 5) is 2.26. The molecular formula is C22H26F2N2O. The molecule has 0 aliphatic carbocycles. The minimum atomic E-state index is -2.82. The maximum atomic E-state index is 13.7. The van der Waals surface area contributed by atoms with Crippen LogP contribution in [-0.4, -0.2) is 25.2 Å². The van der Waals surface area contributed by atoms with Crippen LogP contribution in [0, 0.1) is 0 Å². The van der Waals surface area contributed by atoms with Crippen molar-refractivity contribution in [3.05, 3.63) is 59.7 Å². The van der Waals surface area contributed by atoms with Gasteiger partial charge in [-0.25, -0.2) is 8.78 Å². The van der Waals surface area contributed by atoms with Gasteiger partial charge in [0, 0.05) is 32.0 Å². The van der Waals surface area contributed by atoms with Gasteiger partial charge >= 0.3 is 0 Å². The lowest BCUT2D eigenvalue weighted by Crippen LogP contribution is -2.47. The molecule has 0 amide bonds. The predicted molar refractivity (Wildman–Crippen MR) is 104 cm³/mol. The number of halogens is 2. The molecule has 1 spiro atoms. The third-order valence-corrected chi connectivity index (χ3v) is 5.69. The van der Waals surface area contributed by atoms with Gasteiger partial charge in [0.05, 0.1) is 5.69 Å². The number of anilines is 1. The normalized spacial score (nSPS) is 19.3. The number of hydrogen-bond acceptors (Lipinski definition) is 3. The molecule has 27 heavy (non-hydrogen) atoms. The number of rotatable bonds is 3. The molecule has 1 N–H and O–H groups in total. The number of ether oxygens (including phenoxy) is 1. The van der Waals surface area contributed by atoms with Gasteiger partial charge in [-0.3, -0.25) is 0 Å². The first-order valence-electron chi connectivity index (χ1n) is 9.66. The highest BCUT2D eigenvalue weighted by Crippen LogP contribution is 2.40. The lowest BCUT2D eigenvalue weighted by atomic mass is 9.88. The highest BCUT2D eigenvalue weighted by atomic mass is 19.3. The molecule has 1 fully saturated rings. The molecule has 0 saturated carbocycles. The third-order valence-electron chi connectivity index (χ3n) is 5.69. The zero-order valence-electron chi connectivity index (χ0n) is 15.7. The third kappa shape index (κ3) is 3.93. The first-order valence-corrected chi connectivity index (χ1v) is 9.66. The number of fused-ring (bicyclic) bond motifs is 1. The minimum Gasteiger partial charge on any atom is -0.485 e. The number of nitrogens with zero attached hydrogens (tertiary/aromatic N) is 1. The topological polar surface area (TPSA) is 24.5 Å². The number of piperidine rings is 1. The van der Waals surface area contributed by atoms with Gasteiger partial charge in [0.25, 0.3) is 5.92 Å². The van der Waals surface area contributed by atoms with E-state index in [2.05, 4.69) is 16.3 Å². The average Bonchev–Trinajstić information content (AvgIpc) is 2.79. The number of nitrogens with one attached hydrogen (secondary N) is 1. The molecule has 2 aromatic rings. The van der Waals surface area contributed by atoms with Gasteiger partial charge in [-0.1, -0.05) is 30.3 Å². The van der Waals surface area contributed by atoms with Crippen LogP contribution in [0.4, 0.5) is 14.5 Å². The fourth-order valence-corrected chi connectivity index (χ4v) is 4.11. The zero-order chi connectivity index (χ0) is 18.9. The van der Waals surface area contributed by atoms with Crippen molar-refractivity contribution in [2.75, 3.05) is 24.5 Å². The fourth-order valence-electron chi connectivity index (χ4n) is 4.11. The molecule has 0 radical (unpaired) electrons. The van der Waals surface area contributed by atoms with E-state index in [1.54, 1.807) is 12.1 Å². The number of para-hydroxylation sites is 2. The summed E-state index contributed by atoms with van der Waals surface area (Å²) < 4.78 is 34.0. The first-order chi connectivity index (χ1) is 13.0. The van der Waals surface area contributed by atoms with Gasteiger partial charge in [0.2, 0.25) is 0 Å². The Hall–Kier alpha value is -2.14. The second-order valence-corrected chi connectivity index (χ2v) is 7.76. The maximum Gasteiger partial charge on any atom is 0.270 e. The van der Waals surface area contributed by atoms with Crippen LogP contribution in [0.3, 0.4) is 0 Å². The molecule has 0 aromatic heterocycles. The SMILES string of the molecule is CC(F)(F)c1cccc(CN2CCC3(CCNCC3)Oc3ccccc32)c1. The van der Waals surface area contributed by atoms with Gasteiger partial charge in [-0.2, -0.15) is 0 Å². The number of hydrogen-bond donors (Lipinski definition) is 1. The molecule has 5 heteroatoms. The Balaban J connectivity index is 1.62. The molecule has 3 nitrogen and oxygen atoms in total. The molecule has 2 heterocycles. The van der Waals surface area contributed by atoms with Gasteiger partial charge in [-0.05, 0) is 49.7 Å². The lowest BCUT2D eigenvalue weighted by molar-refractivity contribution is 0.0174. The summed E-state index contributed by atoms with van der Waals surface area (Å²) in [6.07, 6.45) is 2.92. The molecular weight excluding hydrogens is 346 g/mol. The van der Waals surface area contributed by atoms with Crippen LogP contribution in [0.15, 0.2) is 48.5 Å². The summed E-state index contributed by atoms with van der Waals surface area (Å²) in [7, 11) is 0. The van der Waals surface area contributed by atoms with Crippen molar-refractivity contribution in [1.82, 2.24) is 5.32 Å². The smallest absolute Gasteiger partial charge is 0.270 e. The maximum absolute atomic E-state index is 13.7. The zero-order valence-corrected chi connectivity index (χ0v) is 15.7. The number of benzene rings is 2. The quantitative estimate of drug-likeness (QED) is 0.844. The molecule has 0 atom stereocenters. The van der Waals surface area contributed by atoms with Gasteiger partial charge in [-0.15, -0.1) is 0 Å². The van der Waals surface area contributed by atoms with Crippen molar-refractivity contribution in [2.45, 2.75) is 44.3 Å². The molecule has 0 unspecified atom stereocenters. The van der Waals surface area contributed by atoms with E-state index >= 15 is 0 Å². The lowest BCUT2D eigenvalue weighted by Gasteiger charge is -2.37. The largest absolute Gasteiger partial charge is 0.485 e. The van der Waals surface area contributed by atoms with Crippen LogP contribution in [0.5, 0.6) is 5.75 Å². The average molecular weight is 372 g/mol. The van der Waals surface area contributed by atoms with E-state index in [0.29, 0.717) is 6.54 Å². The van der Waals surface area contributed by atoms with Crippen LogP contribution in [0.2, 0.25) is 0 Å². The summed E-state index contributed by atoms with van der Waals surface area (Å²) >= 11 is 0. The van der Waals surface area contributed by atoms with Gasteiger partial charge in [0.1, 0.15) is 11.4 Å². The Morgan fingerprint density at radius 2 is 1.85 bits per heavy atom. The summed E-state index contributed by atoms with van der Waals surface area (Å²) in [5.74, 6) is -1.93. The Labute approximate surface area is 159 Å². The summed E-state index contributed by atoms with van der Waals surface area (Å²) in [6.45, 7) is 4.33. The van der Waals surface area contributed by atoms with Crippen molar-refractivity contribution in [3.8, 4) is 5.75 Å². The highest BCUT2D eigenvalue weighted by Gasteiger charge is 2.37. The van der Waals surface area contributed by atoms with Gasteiger partial charge in [0.15, 0.2) is 0 Å². The molecule has 1 saturated heterocycles. The van der Waals surface area contributed by atoms with E-state index in [1.165, 1.54) is 6.07 Å². The van der Waals surface area contributed by atoms with E-state index < -0.39 is 5.92 Å². The Kier molecular flexibility index (Phi) is 4.81.